The smallest absolute Gasteiger partial charge is 0.259 e. The first kappa shape index (κ1) is 16.3. The maximum absolute atomic E-state index is 12.7. The van der Waals surface area contributed by atoms with Crippen molar-refractivity contribution in [2.75, 3.05) is 5.32 Å². The zero-order valence-electron chi connectivity index (χ0n) is 14.8. The van der Waals surface area contributed by atoms with Crippen LogP contribution in [-0.2, 0) is 12.8 Å². The van der Waals surface area contributed by atoms with Gasteiger partial charge >= 0.3 is 0 Å². The van der Waals surface area contributed by atoms with Crippen molar-refractivity contribution in [1.29, 1.82) is 0 Å². The number of aryl methyl sites for hydroxylation is 2. The summed E-state index contributed by atoms with van der Waals surface area (Å²) in [5, 5.41) is 4.24. The van der Waals surface area contributed by atoms with Crippen LogP contribution in [0.15, 0.2) is 29.1 Å². The first-order valence-corrected chi connectivity index (χ1v) is 9.70. The third kappa shape index (κ3) is 3.09. The van der Waals surface area contributed by atoms with Gasteiger partial charge in [0.25, 0.3) is 5.56 Å². The van der Waals surface area contributed by atoms with E-state index < -0.39 is 0 Å². The number of benzene rings is 1. The van der Waals surface area contributed by atoms with Crippen LogP contribution in [0.1, 0.15) is 48.1 Å². The molecule has 2 atom stereocenters. The van der Waals surface area contributed by atoms with Gasteiger partial charge in [0.15, 0.2) is 0 Å². The third-order valence-corrected chi connectivity index (χ3v) is 6.18. The number of hydrogen-bond acceptors (Lipinski definition) is 4. The van der Waals surface area contributed by atoms with Crippen LogP contribution in [0.2, 0.25) is 0 Å². The minimum atomic E-state index is -0.0575. The zero-order chi connectivity index (χ0) is 17.6. The first-order valence-electron chi connectivity index (χ1n) is 8.89. The molecular formula is C20H23N3OS. The second kappa shape index (κ2) is 6.30. The Morgan fingerprint density at radius 3 is 2.84 bits per heavy atom. The SMILES string of the molecule is Cc1ccc(N[C@H](C)c2nc3sc4c(c3c(=O)[nH]2)CC[C@H](C)C4)cc1. The van der Waals surface area contributed by atoms with Gasteiger partial charge in [-0.1, -0.05) is 24.6 Å². The normalized spacial score (nSPS) is 18.1. The Kier molecular flexibility index (Phi) is 4.12. The molecule has 0 radical (unpaired) electrons. The molecular weight excluding hydrogens is 330 g/mol. The predicted molar refractivity (Wildman–Crippen MR) is 105 cm³/mol. The maximum Gasteiger partial charge on any atom is 0.259 e. The molecule has 130 valence electrons. The maximum atomic E-state index is 12.7. The quantitative estimate of drug-likeness (QED) is 0.724. The largest absolute Gasteiger partial charge is 0.375 e. The molecule has 0 spiro atoms. The Balaban J connectivity index is 1.68. The van der Waals surface area contributed by atoms with Crippen LogP contribution >= 0.6 is 11.3 Å². The van der Waals surface area contributed by atoms with Crippen LogP contribution < -0.4 is 10.9 Å². The molecule has 1 aromatic carbocycles. The third-order valence-electron chi connectivity index (χ3n) is 5.03. The molecule has 0 fully saturated rings. The van der Waals surface area contributed by atoms with Gasteiger partial charge in [-0.3, -0.25) is 4.79 Å². The van der Waals surface area contributed by atoms with Crippen molar-refractivity contribution < 1.29 is 0 Å². The van der Waals surface area contributed by atoms with Crippen molar-refractivity contribution in [3.63, 3.8) is 0 Å². The topological polar surface area (TPSA) is 57.8 Å². The lowest BCUT2D eigenvalue weighted by Crippen LogP contribution is -2.18. The summed E-state index contributed by atoms with van der Waals surface area (Å²) in [6.07, 6.45) is 3.23. The number of H-pyrrole nitrogens is 1. The Labute approximate surface area is 151 Å². The number of nitrogens with one attached hydrogen (secondary N) is 2. The van der Waals surface area contributed by atoms with Crippen molar-refractivity contribution in [3.05, 3.63) is 56.4 Å². The van der Waals surface area contributed by atoms with Crippen LogP contribution in [0.4, 0.5) is 5.69 Å². The highest BCUT2D eigenvalue weighted by Crippen LogP contribution is 2.35. The molecule has 5 heteroatoms. The van der Waals surface area contributed by atoms with Gasteiger partial charge in [0.05, 0.1) is 11.4 Å². The minimum absolute atomic E-state index is 0.00427. The highest BCUT2D eigenvalue weighted by Gasteiger charge is 2.23. The molecule has 4 rings (SSSR count). The van der Waals surface area contributed by atoms with E-state index in [1.165, 1.54) is 16.0 Å². The Hall–Kier alpha value is -2.14. The Morgan fingerprint density at radius 2 is 2.08 bits per heavy atom. The zero-order valence-corrected chi connectivity index (χ0v) is 15.7. The summed E-state index contributed by atoms with van der Waals surface area (Å²) in [6.45, 7) is 6.38. The van der Waals surface area contributed by atoms with Crippen LogP contribution in [-0.4, -0.2) is 9.97 Å². The number of thiophene rings is 1. The number of nitrogens with zero attached hydrogens (tertiary/aromatic N) is 1. The van der Waals surface area contributed by atoms with E-state index >= 15 is 0 Å². The van der Waals surface area contributed by atoms with Crippen molar-refractivity contribution >= 4 is 27.2 Å². The fourth-order valence-electron chi connectivity index (χ4n) is 3.54. The summed E-state index contributed by atoms with van der Waals surface area (Å²) >= 11 is 1.70. The molecule has 2 heterocycles. The van der Waals surface area contributed by atoms with E-state index in [2.05, 4.69) is 36.3 Å². The summed E-state index contributed by atoms with van der Waals surface area (Å²) in [4.78, 5) is 22.7. The Bertz CT molecular complexity index is 971. The second-order valence-electron chi connectivity index (χ2n) is 7.22. The van der Waals surface area contributed by atoms with E-state index in [-0.39, 0.29) is 11.6 Å². The monoisotopic (exact) mass is 353 g/mol. The predicted octanol–water partition coefficient (Wildman–Crippen LogP) is 4.59. The van der Waals surface area contributed by atoms with Gasteiger partial charge in [0.2, 0.25) is 0 Å². The number of fused-ring (bicyclic) bond motifs is 3. The molecule has 1 aliphatic rings. The summed E-state index contributed by atoms with van der Waals surface area (Å²) in [5.41, 5.74) is 3.49. The molecule has 3 aromatic rings. The van der Waals surface area contributed by atoms with Gasteiger partial charge in [-0.25, -0.2) is 4.98 Å². The number of anilines is 1. The van der Waals surface area contributed by atoms with Crippen LogP contribution in [0.5, 0.6) is 0 Å². The van der Waals surface area contributed by atoms with Gasteiger partial charge in [-0.15, -0.1) is 11.3 Å². The lowest BCUT2D eigenvalue weighted by Gasteiger charge is -2.17. The van der Waals surface area contributed by atoms with E-state index in [0.29, 0.717) is 11.7 Å². The van der Waals surface area contributed by atoms with E-state index in [1.807, 2.05) is 19.1 Å². The molecule has 0 bridgehead atoms. The average Bonchev–Trinajstić information content (AvgIpc) is 2.94. The molecule has 1 aliphatic carbocycles. The van der Waals surface area contributed by atoms with E-state index in [9.17, 15) is 4.79 Å². The standard InChI is InChI=1S/C20H23N3OS/c1-11-4-7-14(8-5-11)21-13(3)18-22-19(24)17-15-9-6-12(2)10-16(15)25-20(17)23-18/h4-5,7-8,12-13,21H,6,9-10H2,1-3H3,(H,22,23,24)/t12-,13+/m0/s1. The molecule has 25 heavy (non-hydrogen) atoms. The summed E-state index contributed by atoms with van der Waals surface area (Å²) in [6, 6.07) is 8.19. The number of aromatic nitrogens is 2. The van der Waals surface area contributed by atoms with E-state index in [1.54, 1.807) is 11.3 Å². The molecule has 0 saturated carbocycles. The molecule has 0 saturated heterocycles. The average molecular weight is 353 g/mol. The summed E-state index contributed by atoms with van der Waals surface area (Å²) in [5.74, 6) is 1.39. The fraction of sp³-hybridized carbons (Fsp3) is 0.400. The highest BCUT2D eigenvalue weighted by molar-refractivity contribution is 7.18. The van der Waals surface area contributed by atoms with Crippen LogP contribution in [0.3, 0.4) is 0 Å². The fourth-order valence-corrected chi connectivity index (χ4v) is 4.93. The van der Waals surface area contributed by atoms with Gasteiger partial charge < -0.3 is 10.3 Å². The lowest BCUT2D eigenvalue weighted by atomic mass is 9.89. The molecule has 0 unspecified atom stereocenters. The van der Waals surface area contributed by atoms with Gasteiger partial charge in [0.1, 0.15) is 10.7 Å². The summed E-state index contributed by atoms with van der Waals surface area (Å²) in [7, 11) is 0. The van der Waals surface area contributed by atoms with Crippen molar-refractivity contribution in [2.45, 2.75) is 46.1 Å². The minimum Gasteiger partial charge on any atom is -0.375 e. The number of rotatable bonds is 3. The molecule has 4 nitrogen and oxygen atoms in total. The molecule has 0 aliphatic heterocycles. The highest BCUT2D eigenvalue weighted by atomic mass is 32.1. The molecule has 2 N–H and O–H groups in total. The lowest BCUT2D eigenvalue weighted by molar-refractivity contribution is 0.509. The van der Waals surface area contributed by atoms with Gasteiger partial charge in [-0.2, -0.15) is 0 Å². The van der Waals surface area contributed by atoms with E-state index in [0.717, 1.165) is 35.2 Å². The van der Waals surface area contributed by atoms with Gasteiger partial charge in [-0.05, 0) is 56.7 Å². The first-order chi connectivity index (χ1) is 12.0. The Morgan fingerprint density at radius 1 is 1.32 bits per heavy atom. The van der Waals surface area contributed by atoms with Crippen molar-refractivity contribution in [2.24, 2.45) is 5.92 Å². The van der Waals surface area contributed by atoms with Crippen LogP contribution in [0.25, 0.3) is 10.2 Å². The van der Waals surface area contributed by atoms with Gasteiger partial charge in [0, 0.05) is 10.6 Å². The van der Waals surface area contributed by atoms with Crippen LogP contribution in [0, 0.1) is 12.8 Å². The number of hydrogen-bond donors (Lipinski definition) is 2. The molecule has 2 aromatic heterocycles. The van der Waals surface area contributed by atoms with E-state index in [4.69, 9.17) is 4.98 Å². The van der Waals surface area contributed by atoms with Crippen molar-refractivity contribution in [1.82, 2.24) is 9.97 Å². The number of aromatic amines is 1. The van der Waals surface area contributed by atoms with Crippen molar-refractivity contribution in [3.8, 4) is 0 Å². The summed E-state index contributed by atoms with van der Waals surface area (Å²) < 4.78 is 0. The molecule has 0 amide bonds. The second-order valence-corrected chi connectivity index (χ2v) is 8.30.